The van der Waals surface area contributed by atoms with Gasteiger partial charge >= 0.3 is 6.09 Å². The maximum Gasteiger partial charge on any atom is 0.414 e. The standard InChI is InChI=1S/C17H24N2O2/c1-12-8-13(2)10-15(9-12)18-14-4-3-5-16(11-14)19-6-7-21-17(19)20/h3-5,11-13,15,18H,6-10H2,1-2H3. The summed E-state index contributed by atoms with van der Waals surface area (Å²) in [4.78, 5) is 13.3. The molecule has 0 spiro atoms. The normalized spacial score (nSPS) is 29.3. The van der Waals surface area contributed by atoms with Gasteiger partial charge in [-0.05, 0) is 49.3 Å². The van der Waals surface area contributed by atoms with Crippen LogP contribution in [0.25, 0.3) is 0 Å². The number of anilines is 2. The molecule has 1 N–H and O–H groups in total. The minimum Gasteiger partial charge on any atom is -0.447 e. The van der Waals surface area contributed by atoms with Gasteiger partial charge in [0.2, 0.25) is 0 Å². The van der Waals surface area contributed by atoms with Crippen molar-refractivity contribution in [2.24, 2.45) is 11.8 Å². The van der Waals surface area contributed by atoms with E-state index < -0.39 is 0 Å². The van der Waals surface area contributed by atoms with Crippen molar-refractivity contribution in [3.63, 3.8) is 0 Å². The molecule has 21 heavy (non-hydrogen) atoms. The fourth-order valence-electron chi connectivity index (χ4n) is 3.69. The van der Waals surface area contributed by atoms with Crippen LogP contribution in [0.15, 0.2) is 24.3 Å². The zero-order valence-electron chi connectivity index (χ0n) is 12.8. The Morgan fingerprint density at radius 3 is 2.62 bits per heavy atom. The molecule has 0 bridgehead atoms. The van der Waals surface area contributed by atoms with Gasteiger partial charge in [-0.1, -0.05) is 19.9 Å². The lowest BCUT2D eigenvalue weighted by Gasteiger charge is -2.32. The quantitative estimate of drug-likeness (QED) is 0.917. The molecular weight excluding hydrogens is 264 g/mol. The highest BCUT2D eigenvalue weighted by Crippen LogP contribution is 2.31. The number of ether oxygens (including phenoxy) is 1. The topological polar surface area (TPSA) is 41.6 Å². The van der Waals surface area contributed by atoms with Crippen molar-refractivity contribution < 1.29 is 9.53 Å². The number of rotatable bonds is 3. The van der Waals surface area contributed by atoms with Gasteiger partial charge in [-0.3, -0.25) is 4.90 Å². The summed E-state index contributed by atoms with van der Waals surface area (Å²) in [7, 11) is 0. The number of carbonyl (C=O) groups is 1. The lowest BCUT2D eigenvalue weighted by Crippen LogP contribution is -2.30. The Hall–Kier alpha value is -1.71. The first-order valence-corrected chi connectivity index (χ1v) is 7.92. The zero-order chi connectivity index (χ0) is 14.8. The van der Waals surface area contributed by atoms with E-state index in [9.17, 15) is 4.79 Å². The van der Waals surface area contributed by atoms with Crippen LogP contribution in [-0.4, -0.2) is 25.3 Å². The summed E-state index contributed by atoms with van der Waals surface area (Å²) in [6, 6.07) is 8.62. The maximum atomic E-state index is 11.6. The molecule has 1 saturated carbocycles. The first kappa shape index (κ1) is 14.2. The predicted octanol–water partition coefficient (Wildman–Crippen LogP) is 3.88. The van der Waals surface area contributed by atoms with Crippen LogP contribution in [0.1, 0.15) is 33.1 Å². The number of hydrogen-bond acceptors (Lipinski definition) is 3. The molecule has 1 aromatic carbocycles. The van der Waals surface area contributed by atoms with Crippen LogP contribution in [-0.2, 0) is 4.74 Å². The molecule has 1 saturated heterocycles. The van der Waals surface area contributed by atoms with Crippen LogP contribution >= 0.6 is 0 Å². The van der Waals surface area contributed by atoms with Crippen molar-refractivity contribution in [2.45, 2.75) is 39.2 Å². The Balaban J connectivity index is 1.70. The number of cyclic esters (lactones) is 1. The Morgan fingerprint density at radius 1 is 1.19 bits per heavy atom. The van der Waals surface area contributed by atoms with Crippen molar-refractivity contribution in [1.82, 2.24) is 0 Å². The van der Waals surface area contributed by atoms with Crippen molar-refractivity contribution >= 4 is 17.5 Å². The molecule has 2 atom stereocenters. The van der Waals surface area contributed by atoms with Crippen molar-refractivity contribution in [1.29, 1.82) is 0 Å². The van der Waals surface area contributed by atoms with E-state index in [1.54, 1.807) is 4.90 Å². The molecule has 2 aliphatic rings. The van der Waals surface area contributed by atoms with Gasteiger partial charge in [0.1, 0.15) is 6.61 Å². The van der Waals surface area contributed by atoms with Crippen LogP contribution in [0.5, 0.6) is 0 Å². The van der Waals surface area contributed by atoms with E-state index in [1.807, 2.05) is 12.1 Å². The molecule has 1 aliphatic heterocycles. The minimum absolute atomic E-state index is 0.243. The summed E-state index contributed by atoms with van der Waals surface area (Å²) in [5, 5.41) is 3.64. The van der Waals surface area contributed by atoms with Gasteiger partial charge in [-0.15, -0.1) is 0 Å². The van der Waals surface area contributed by atoms with Crippen molar-refractivity contribution in [3.8, 4) is 0 Å². The third kappa shape index (κ3) is 3.31. The van der Waals surface area contributed by atoms with Crippen molar-refractivity contribution in [2.75, 3.05) is 23.4 Å². The fourth-order valence-corrected chi connectivity index (χ4v) is 3.69. The molecule has 4 nitrogen and oxygen atoms in total. The van der Waals surface area contributed by atoms with E-state index >= 15 is 0 Å². The van der Waals surface area contributed by atoms with E-state index in [-0.39, 0.29) is 6.09 Å². The van der Waals surface area contributed by atoms with Crippen LogP contribution < -0.4 is 10.2 Å². The van der Waals surface area contributed by atoms with Crippen molar-refractivity contribution in [3.05, 3.63) is 24.3 Å². The Morgan fingerprint density at radius 2 is 1.95 bits per heavy atom. The Bertz CT molecular complexity index is 507. The molecule has 1 aromatic rings. The molecule has 1 amide bonds. The summed E-state index contributed by atoms with van der Waals surface area (Å²) in [6.07, 6.45) is 3.53. The van der Waals surface area contributed by atoms with Crippen LogP contribution in [0.2, 0.25) is 0 Å². The van der Waals surface area contributed by atoms with E-state index in [0.717, 1.165) is 23.2 Å². The molecule has 2 unspecified atom stereocenters. The summed E-state index contributed by atoms with van der Waals surface area (Å²) in [5.74, 6) is 1.56. The predicted molar refractivity (Wildman–Crippen MR) is 84.7 cm³/mol. The van der Waals surface area contributed by atoms with Gasteiger partial charge < -0.3 is 10.1 Å². The number of nitrogens with one attached hydrogen (secondary N) is 1. The highest BCUT2D eigenvalue weighted by molar-refractivity contribution is 5.89. The summed E-state index contributed by atoms with van der Waals surface area (Å²) >= 11 is 0. The molecule has 2 fully saturated rings. The second-order valence-electron chi connectivity index (χ2n) is 6.58. The second-order valence-corrected chi connectivity index (χ2v) is 6.58. The van der Waals surface area contributed by atoms with Crippen LogP contribution in [0.3, 0.4) is 0 Å². The lowest BCUT2D eigenvalue weighted by molar-refractivity contribution is 0.181. The third-order valence-corrected chi connectivity index (χ3v) is 4.47. The van der Waals surface area contributed by atoms with Gasteiger partial charge in [0.15, 0.2) is 0 Å². The molecule has 3 rings (SSSR count). The van der Waals surface area contributed by atoms with E-state index in [1.165, 1.54) is 19.3 Å². The molecule has 0 aromatic heterocycles. The molecule has 114 valence electrons. The Labute approximate surface area is 126 Å². The molecule has 1 heterocycles. The number of nitrogens with zero attached hydrogens (tertiary/aromatic N) is 1. The summed E-state index contributed by atoms with van der Waals surface area (Å²) in [5.41, 5.74) is 2.01. The maximum absolute atomic E-state index is 11.6. The third-order valence-electron chi connectivity index (χ3n) is 4.47. The zero-order valence-corrected chi connectivity index (χ0v) is 12.8. The van der Waals surface area contributed by atoms with Crippen LogP contribution in [0, 0.1) is 11.8 Å². The van der Waals surface area contributed by atoms with E-state index in [2.05, 4.69) is 31.3 Å². The number of benzene rings is 1. The minimum atomic E-state index is -0.243. The average Bonchev–Trinajstić information content (AvgIpc) is 2.84. The largest absolute Gasteiger partial charge is 0.447 e. The van der Waals surface area contributed by atoms with E-state index in [0.29, 0.717) is 19.2 Å². The Kier molecular flexibility index (Phi) is 4.04. The van der Waals surface area contributed by atoms with Gasteiger partial charge in [-0.25, -0.2) is 4.79 Å². The number of carbonyl (C=O) groups excluding carboxylic acids is 1. The summed E-state index contributed by atoms with van der Waals surface area (Å²) < 4.78 is 5.00. The molecule has 4 heteroatoms. The number of hydrogen-bond donors (Lipinski definition) is 1. The molecule has 0 radical (unpaired) electrons. The SMILES string of the molecule is CC1CC(C)CC(Nc2cccc(N3CCOC3=O)c2)C1. The first-order valence-electron chi connectivity index (χ1n) is 7.92. The van der Waals surface area contributed by atoms with Gasteiger partial charge in [0.25, 0.3) is 0 Å². The molecule has 1 aliphatic carbocycles. The smallest absolute Gasteiger partial charge is 0.414 e. The van der Waals surface area contributed by atoms with Gasteiger partial charge in [0.05, 0.1) is 6.54 Å². The highest BCUT2D eigenvalue weighted by Gasteiger charge is 2.25. The van der Waals surface area contributed by atoms with Gasteiger partial charge in [-0.2, -0.15) is 0 Å². The number of amides is 1. The molecular formula is C17H24N2O2. The highest BCUT2D eigenvalue weighted by atomic mass is 16.6. The van der Waals surface area contributed by atoms with Gasteiger partial charge in [0, 0.05) is 17.4 Å². The van der Waals surface area contributed by atoms with Crippen LogP contribution in [0.4, 0.5) is 16.2 Å². The van der Waals surface area contributed by atoms with E-state index in [4.69, 9.17) is 4.74 Å². The second kappa shape index (κ2) is 5.96. The average molecular weight is 288 g/mol. The fraction of sp³-hybridized carbons (Fsp3) is 0.588. The first-order chi connectivity index (χ1) is 10.1. The lowest BCUT2D eigenvalue weighted by atomic mass is 9.80. The summed E-state index contributed by atoms with van der Waals surface area (Å²) in [6.45, 7) is 5.79. The monoisotopic (exact) mass is 288 g/mol.